The Morgan fingerprint density at radius 3 is 2.56 bits per heavy atom. The van der Waals surface area contributed by atoms with Gasteiger partial charge in [-0.15, -0.1) is 0 Å². The Labute approximate surface area is 99.1 Å². The second kappa shape index (κ2) is 5.96. The molecule has 1 rings (SSSR count). The lowest BCUT2D eigenvalue weighted by atomic mass is 9.72. The fraction of sp³-hybridized carbons (Fsp3) is 1.00. The molecule has 0 bridgehead atoms. The standard InChI is InChI=1S/C12H26N2O2/c1-5-16-11-6-12(7-11,9-13)14(3)10(2)8-15-4/h10-11H,5-9,13H2,1-4H3. The van der Waals surface area contributed by atoms with Crippen LogP contribution in [-0.2, 0) is 9.47 Å². The summed E-state index contributed by atoms with van der Waals surface area (Å²) in [5.41, 5.74) is 6.05. The molecule has 0 aromatic heterocycles. The predicted molar refractivity (Wildman–Crippen MR) is 65.5 cm³/mol. The molecule has 1 aliphatic rings. The minimum absolute atomic E-state index is 0.123. The van der Waals surface area contributed by atoms with E-state index in [2.05, 4.69) is 18.9 Å². The summed E-state index contributed by atoms with van der Waals surface area (Å²) in [4.78, 5) is 2.35. The van der Waals surface area contributed by atoms with E-state index >= 15 is 0 Å². The highest BCUT2D eigenvalue weighted by molar-refractivity contribution is 5.04. The summed E-state index contributed by atoms with van der Waals surface area (Å²) in [7, 11) is 3.88. The number of hydrogen-bond donors (Lipinski definition) is 1. The van der Waals surface area contributed by atoms with Gasteiger partial charge in [0.2, 0.25) is 0 Å². The SMILES string of the molecule is CCOC1CC(CN)(N(C)C(C)COC)C1. The van der Waals surface area contributed by atoms with Gasteiger partial charge in [0, 0.05) is 31.8 Å². The molecule has 0 amide bonds. The molecule has 1 atom stereocenters. The van der Waals surface area contributed by atoms with Crippen LogP contribution >= 0.6 is 0 Å². The Morgan fingerprint density at radius 2 is 2.12 bits per heavy atom. The van der Waals surface area contributed by atoms with Crippen molar-refractivity contribution in [3.63, 3.8) is 0 Å². The van der Waals surface area contributed by atoms with Gasteiger partial charge in [-0.2, -0.15) is 0 Å². The highest BCUT2D eigenvalue weighted by Gasteiger charge is 2.47. The molecular formula is C12H26N2O2. The third-order valence-electron chi connectivity index (χ3n) is 3.81. The van der Waals surface area contributed by atoms with Crippen LogP contribution in [0.4, 0.5) is 0 Å². The predicted octanol–water partition coefficient (Wildman–Crippen LogP) is 0.850. The first-order chi connectivity index (χ1) is 7.59. The molecule has 0 spiro atoms. The molecule has 1 saturated carbocycles. The first-order valence-electron chi connectivity index (χ1n) is 6.13. The molecule has 1 aliphatic carbocycles. The van der Waals surface area contributed by atoms with Crippen LogP contribution in [0.3, 0.4) is 0 Å². The Morgan fingerprint density at radius 1 is 1.50 bits per heavy atom. The van der Waals surface area contributed by atoms with Crippen LogP contribution in [0, 0.1) is 0 Å². The van der Waals surface area contributed by atoms with Crippen molar-refractivity contribution in [1.82, 2.24) is 4.90 Å². The second-order valence-electron chi connectivity index (χ2n) is 4.83. The molecule has 0 saturated heterocycles. The Bertz CT molecular complexity index is 205. The highest BCUT2D eigenvalue weighted by Crippen LogP contribution is 2.39. The molecule has 1 fully saturated rings. The average Bonchev–Trinajstić information content (AvgIpc) is 2.22. The summed E-state index contributed by atoms with van der Waals surface area (Å²) < 4.78 is 10.8. The normalized spacial score (nSPS) is 31.5. The third-order valence-corrected chi connectivity index (χ3v) is 3.81. The molecule has 16 heavy (non-hydrogen) atoms. The minimum atomic E-state index is 0.123. The van der Waals surface area contributed by atoms with E-state index in [1.165, 1.54) is 0 Å². The van der Waals surface area contributed by atoms with E-state index in [1.54, 1.807) is 7.11 Å². The quantitative estimate of drug-likeness (QED) is 0.704. The van der Waals surface area contributed by atoms with E-state index in [4.69, 9.17) is 15.2 Å². The Kier molecular flexibility index (Phi) is 5.18. The van der Waals surface area contributed by atoms with Crippen molar-refractivity contribution in [2.45, 2.75) is 44.4 Å². The second-order valence-corrected chi connectivity index (χ2v) is 4.83. The van der Waals surface area contributed by atoms with E-state index in [0.29, 0.717) is 18.7 Å². The Balaban J connectivity index is 2.49. The molecule has 4 heteroatoms. The van der Waals surface area contributed by atoms with Crippen molar-refractivity contribution in [3.05, 3.63) is 0 Å². The van der Waals surface area contributed by atoms with Gasteiger partial charge in [-0.3, -0.25) is 4.90 Å². The maximum Gasteiger partial charge on any atom is 0.0615 e. The van der Waals surface area contributed by atoms with Crippen LogP contribution in [0.25, 0.3) is 0 Å². The van der Waals surface area contributed by atoms with Gasteiger partial charge in [0.25, 0.3) is 0 Å². The fourth-order valence-corrected chi connectivity index (χ4v) is 2.56. The monoisotopic (exact) mass is 230 g/mol. The van der Waals surface area contributed by atoms with E-state index in [9.17, 15) is 0 Å². The molecule has 2 N–H and O–H groups in total. The topological polar surface area (TPSA) is 47.7 Å². The minimum Gasteiger partial charge on any atom is -0.383 e. The van der Waals surface area contributed by atoms with Crippen molar-refractivity contribution < 1.29 is 9.47 Å². The van der Waals surface area contributed by atoms with Gasteiger partial charge >= 0.3 is 0 Å². The average molecular weight is 230 g/mol. The van der Waals surface area contributed by atoms with E-state index < -0.39 is 0 Å². The molecule has 96 valence electrons. The molecule has 0 aromatic rings. The van der Waals surface area contributed by atoms with Crippen LogP contribution in [0.5, 0.6) is 0 Å². The van der Waals surface area contributed by atoms with Crippen molar-refractivity contribution in [2.24, 2.45) is 5.73 Å². The van der Waals surface area contributed by atoms with Crippen LogP contribution in [-0.4, -0.2) is 56.5 Å². The van der Waals surface area contributed by atoms with Gasteiger partial charge in [0.1, 0.15) is 0 Å². The summed E-state index contributed by atoms with van der Waals surface area (Å²) in [5.74, 6) is 0. The third kappa shape index (κ3) is 2.74. The van der Waals surface area contributed by atoms with E-state index in [0.717, 1.165) is 26.1 Å². The number of methoxy groups -OCH3 is 1. The molecule has 4 nitrogen and oxygen atoms in total. The fourth-order valence-electron chi connectivity index (χ4n) is 2.56. The van der Waals surface area contributed by atoms with Gasteiger partial charge in [0.05, 0.1) is 12.7 Å². The van der Waals surface area contributed by atoms with Crippen LogP contribution in [0.2, 0.25) is 0 Å². The van der Waals surface area contributed by atoms with Crippen LogP contribution < -0.4 is 5.73 Å². The molecule has 0 radical (unpaired) electrons. The first kappa shape index (κ1) is 13.9. The van der Waals surface area contributed by atoms with E-state index in [-0.39, 0.29) is 5.54 Å². The van der Waals surface area contributed by atoms with Crippen molar-refractivity contribution >= 4 is 0 Å². The summed E-state index contributed by atoms with van der Waals surface area (Å²) in [5, 5.41) is 0. The lowest BCUT2D eigenvalue weighted by Crippen LogP contribution is -2.65. The molecule has 1 unspecified atom stereocenters. The summed E-state index contributed by atoms with van der Waals surface area (Å²) in [6.07, 6.45) is 2.48. The van der Waals surface area contributed by atoms with Gasteiger partial charge in [0.15, 0.2) is 0 Å². The zero-order valence-electron chi connectivity index (χ0n) is 11.0. The van der Waals surface area contributed by atoms with Gasteiger partial charge in [-0.25, -0.2) is 0 Å². The molecule has 0 heterocycles. The largest absolute Gasteiger partial charge is 0.383 e. The zero-order valence-corrected chi connectivity index (χ0v) is 11.0. The number of rotatable bonds is 7. The summed E-state index contributed by atoms with van der Waals surface area (Å²) >= 11 is 0. The van der Waals surface area contributed by atoms with Crippen molar-refractivity contribution in [2.75, 3.05) is 33.9 Å². The number of nitrogens with two attached hydrogens (primary N) is 1. The molecular weight excluding hydrogens is 204 g/mol. The van der Waals surface area contributed by atoms with Crippen molar-refractivity contribution in [3.8, 4) is 0 Å². The van der Waals surface area contributed by atoms with Crippen molar-refractivity contribution in [1.29, 1.82) is 0 Å². The van der Waals surface area contributed by atoms with Gasteiger partial charge in [-0.05, 0) is 33.7 Å². The zero-order chi connectivity index (χ0) is 12.2. The lowest BCUT2D eigenvalue weighted by Gasteiger charge is -2.54. The number of hydrogen-bond acceptors (Lipinski definition) is 4. The van der Waals surface area contributed by atoms with Crippen LogP contribution in [0.15, 0.2) is 0 Å². The smallest absolute Gasteiger partial charge is 0.0615 e. The highest BCUT2D eigenvalue weighted by atomic mass is 16.5. The van der Waals surface area contributed by atoms with Gasteiger partial charge in [-0.1, -0.05) is 0 Å². The van der Waals surface area contributed by atoms with Crippen LogP contribution in [0.1, 0.15) is 26.7 Å². The number of ether oxygens (including phenoxy) is 2. The number of nitrogens with zero attached hydrogens (tertiary/aromatic N) is 1. The lowest BCUT2D eigenvalue weighted by molar-refractivity contribution is -0.108. The van der Waals surface area contributed by atoms with Gasteiger partial charge < -0.3 is 15.2 Å². The number of likely N-dealkylation sites (N-methyl/N-ethyl adjacent to an activating group) is 1. The maximum atomic E-state index is 5.92. The first-order valence-corrected chi connectivity index (χ1v) is 6.13. The summed E-state index contributed by atoms with van der Waals surface area (Å²) in [6.45, 7) is 6.45. The van der Waals surface area contributed by atoms with E-state index in [1.807, 2.05) is 6.92 Å². The Hall–Kier alpha value is -0.160. The molecule has 0 aliphatic heterocycles. The summed E-state index contributed by atoms with van der Waals surface area (Å²) in [6, 6.07) is 0.399. The molecule has 0 aromatic carbocycles. The maximum absolute atomic E-state index is 5.92.